The molecule has 1 aromatic carbocycles. The van der Waals surface area contributed by atoms with Gasteiger partial charge in [-0.2, -0.15) is 9.37 Å². The largest absolute Gasteiger partial charge is 0.487 e. The lowest BCUT2D eigenvalue weighted by molar-refractivity contribution is -0.117. The van der Waals surface area contributed by atoms with Crippen LogP contribution >= 0.6 is 0 Å². The van der Waals surface area contributed by atoms with Gasteiger partial charge in [0.1, 0.15) is 17.8 Å². The van der Waals surface area contributed by atoms with Crippen LogP contribution in [0.5, 0.6) is 5.75 Å². The molecule has 1 aliphatic carbocycles. The van der Waals surface area contributed by atoms with Crippen LogP contribution in [0.15, 0.2) is 12.1 Å². The summed E-state index contributed by atoms with van der Waals surface area (Å²) in [5.41, 5.74) is 1.23. The molecule has 4 rings (SSSR count). The Balaban J connectivity index is 1.41. The summed E-state index contributed by atoms with van der Waals surface area (Å²) in [5, 5.41) is 6.02. The lowest BCUT2D eigenvalue weighted by atomic mass is 9.89. The minimum atomic E-state index is -1.54. The van der Waals surface area contributed by atoms with Crippen molar-refractivity contribution in [3.05, 3.63) is 35.3 Å². The Morgan fingerprint density at radius 2 is 1.93 bits per heavy atom. The predicted octanol–water partition coefficient (Wildman–Crippen LogP) is 3.00. The number of hydrogen-bond acceptors (Lipinski definition) is 6. The fourth-order valence-corrected chi connectivity index (χ4v) is 3.35. The second-order valence-electron chi connectivity index (χ2n) is 7.33. The molecule has 1 atom stereocenters. The van der Waals surface area contributed by atoms with Crippen LogP contribution in [0.25, 0.3) is 0 Å². The van der Waals surface area contributed by atoms with Crippen LogP contribution in [0.2, 0.25) is 0 Å². The Morgan fingerprint density at radius 1 is 1.21 bits per heavy atom. The van der Waals surface area contributed by atoms with E-state index in [4.69, 9.17) is 4.74 Å². The predicted molar refractivity (Wildman–Crippen MR) is 101 cm³/mol. The number of rotatable bonds is 4. The van der Waals surface area contributed by atoms with E-state index in [0.29, 0.717) is 36.0 Å². The average molecular weight is 407 g/mol. The van der Waals surface area contributed by atoms with Crippen molar-refractivity contribution < 1.29 is 22.7 Å². The van der Waals surface area contributed by atoms with E-state index in [2.05, 4.69) is 20.6 Å². The topological polar surface area (TPSA) is 79.4 Å². The SMILES string of the molecule is Cc1nc(N[C@H]2C[C@H](Oc3ccc(F)c(F)c3F)C2)nc2c1NC(=O)[C@H](C)N2C. The van der Waals surface area contributed by atoms with E-state index in [1.807, 2.05) is 0 Å². The van der Waals surface area contributed by atoms with Crippen LogP contribution in [0.3, 0.4) is 0 Å². The molecule has 1 amide bonds. The highest BCUT2D eigenvalue weighted by molar-refractivity contribution is 6.03. The number of ether oxygens (including phenoxy) is 1. The van der Waals surface area contributed by atoms with Crippen LogP contribution < -0.4 is 20.3 Å². The summed E-state index contributed by atoms with van der Waals surface area (Å²) < 4.78 is 45.4. The molecule has 0 radical (unpaired) electrons. The minimum absolute atomic E-state index is 0.00767. The Bertz CT molecular complexity index is 981. The third kappa shape index (κ3) is 3.43. The van der Waals surface area contributed by atoms with Crippen molar-refractivity contribution in [3.8, 4) is 5.75 Å². The lowest BCUT2D eigenvalue weighted by Gasteiger charge is -2.37. The molecule has 154 valence electrons. The number of nitrogens with zero attached hydrogens (tertiary/aromatic N) is 3. The molecule has 2 aliphatic rings. The highest BCUT2D eigenvalue weighted by Gasteiger charge is 2.34. The summed E-state index contributed by atoms with van der Waals surface area (Å²) in [6.45, 7) is 3.57. The molecular formula is C19H20F3N5O2. The molecule has 10 heteroatoms. The number of likely N-dealkylation sites (N-methyl/N-ethyl adjacent to an activating group) is 1. The Kier molecular flexibility index (Phi) is 4.71. The van der Waals surface area contributed by atoms with Crippen LogP contribution in [0.4, 0.5) is 30.6 Å². The van der Waals surface area contributed by atoms with Gasteiger partial charge in [-0.1, -0.05) is 0 Å². The number of benzene rings is 1. The maximum Gasteiger partial charge on any atom is 0.246 e. The van der Waals surface area contributed by atoms with Gasteiger partial charge in [-0.05, 0) is 26.0 Å². The summed E-state index contributed by atoms with van der Waals surface area (Å²) in [6, 6.07) is 1.56. The molecule has 2 heterocycles. The summed E-state index contributed by atoms with van der Waals surface area (Å²) >= 11 is 0. The minimum Gasteiger partial charge on any atom is -0.487 e. The molecule has 1 aromatic heterocycles. The van der Waals surface area contributed by atoms with Gasteiger partial charge in [-0.15, -0.1) is 0 Å². The monoisotopic (exact) mass is 407 g/mol. The summed E-state index contributed by atoms with van der Waals surface area (Å²) in [4.78, 5) is 22.7. The van der Waals surface area contributed by atoms with E-state index in [-0.39, 0.29) is 29.8 Å². The zero-order chi connectivity index (χ0) is 20.9. The number of anilines is 3. The van der Waals surface area contributed by atoms with Gasteiger partial charge in [-0.3, -0.25) is 4.79 Å². The first-order chi connectivity index (χ1) is 13.7. The number of aryl methyl sites for hydroxylation is 1. The third-order valence-corrected chi connectivity index (χ3v) is 5.33. The quantitative estimate of drug-likeness (QED) is 0.759. The van der Waals surface area contributed by atoms with E-state index in [0.717, 1.165) is 12.1 Å². The summed E-state index contributed by atoms with van der Waals surface area (Å²) in [5.74, 6) is -3.50. The second kappa shape index (κ2) is 7.09. The fourth-order valence-electron chi connectivity index (χ4n) is 3.35. The number of hydrogen-bond donors (Lipinski definition) is 2. The van der Waals surface area contributed by atoms with Gasteiger partial charge < -0.3 is 20.3 Å². The number of aromatic nitrogens is 2. The van der Waals surface area contributed by atoms with Gasteiger partial charge in [-0.25, -0.2) is 13.8 Å². The number of nitrogens with one attached hydrogen (secondary N) is 2. The van der Waals surface area contributed by atoms with Crippen molar-refractivity contribution in [1.29, 1.82) is 0 Å². The molecule has 0 spiro atoms. The van der Waals surface area contributed by atoms with Crippen LogP contribution in [0, 0.1) is 24.4 Å². The van der Waals surface area contributed by atoms with Gasteiger partial charge in [0.2, 0.25) is 17.7 Å². The van der Waals surface area contributed by atoms with Crippen molar-refractivity contribution in [2.45, 2.75) is 44.9 Å². The number of halogens is 3. The fraction of sp³-hybridized carbons (Fsp3) is 0.421. The van der Waals surface area contributed by atoms with Gasteiger partial charge in [0.05, 0.1) is 5.69 Å². The number of fused-ring (bicyclic) bond motifs is 1. The maximum atomic E-state index is 13.7. The normalized spacial score (nSPS) is 23.2. The first-order valence-corrected chi connectivity index (χ1v) is 9.23. The zero-order valence-corrected chi connectivity index (χ0v) is 16.1. The zero-order valence-electron chi connectivity index (χ0n) is 16.1. The van der Waals surface area contributed by atoms with Gasteiger partial charge in [0.15, 0.2) is 23.2 Å². The molecule has 2 N–H and O–H groups in total. The van der Waals surface area contributed by atoms with Gasteiger partial charge in [0, 0.05) is 25.9 Å². The molecule has 29 heavy (non-hydrogen) atoms. The van der Waals surface area contributed by atoms with Crippen molar-refractivity contribution in [3.63, 3.8) is 0 Å². The molecule has 2 aromatic rings. The molecular weight excluding hydrogens is 387 g/mol. The summed E-state index contributed by atoms with van der Waals surface area (Å²) in [6.07, 6.45) is 0.731. The Hall–Kier alpha value is -3.04. The molecule has 1 fully saturated rings. The van der Waals surface area contributed by atoms with Gasteiger partial charge in [0.25, 0.3) is 0 Å². The van der Waals surface area contributed by atoms with Crippen molar-refractivity contribution >= 4 is 23.4 Å². The van der Waals surface area contributed by atoms with Gasteiger partial charge >= 0.3 is 0 Å². The van der Waals surface area contributed by atoms with Crippen LogP contribution in [-0.2, 0) is 4.79 Å². The van der Waals surface area contributed by atoms with E-state index in [1.54, 1.807) is 25.8 Å². The molecule has 1 saturated carbocycles. The first kappa shape index (κ1) is 19.3. The molecule has 7 nitrogen and oxygen atoms in total. The first-order valence-electron chi connectivity index (χ1n) is 9.23. The molecule has 0 bridgehead atoms. The lowest BCUT2D eigenvalue weighted by Crippen LogP contribution is -2.45. The maximum absolute atomic E-state index is 13.7. The van der Waals surface area contributed by atoms with Crippen molar-refractivity contribution in [2.75, 3.05) is 22.6 Å². The van der Waals surface area contributed by atoms with Crippen LogP contribution in [0.1, 0.15) is 25.5 Å². The smallest absolute Gasteiger partial charge is 0.246 e. The van der Waals surface area contributed by atoms with Crippen molar-refractivity contribution in [1.82, 2.24) is 9.97 Å². The van der Waals surface area contributed by atoms with E-state index >= 15 is 0 Å². The average Bonchev–Trinajstić information content (AvgIpc) is 2.65. The van der Waals surface area contributed by atoms with E-state index < -0.39 is 17.5 Å². The van der Waals surface area contributed by atoms with E-state index in [1.165, 1.54) is 0 Å². The summed E-state index contributed by atoms with van der Waals surface area (Å²) in [7, 11) is 1.79. The van der Waals surface area contributed by atoms with E-state index in [9.17, 15) is 18.0 Å². The number of amides is 1. The Labute approximate surface area is 165 Å². The Morgan fingerprint density at radius 3 is 2.66 bits per heavy atom. The number of carbonyl (C=O) groups excluding carboxylic acids is 1. The van der Waals surface area contributed by atoms with Crippen LogP contribution in [-0.4, -0.2) is 41.1 Å². The molecule has 0 saturated heterocycles. The standard InChI is InChI=1S/C19H20F3N5O2/c1-8-16-17(27(3)9(2)18(28)25-16)26-19(23-8)24-10-6-11(7-10)29-13-5-4-12(20)14(21)15(13)22/h4-5,9-11H,6-7H2,1-3H3,(H,25,28)(H,23,24,26)/t9-,10-,11-/m0/s1. The molecule has 0 unspecified atom stereocenters. The highest BCUT2D eigenvalue weighted by atomic mass is 19.2. The molecule has 1 aliphatic heterocycles. The van der Waals surface area contributed by atoms with Crippen molar-refractivity contribution in [2.24, 2.45) is 0 Å². The third-order valence-electron chi connectivity index (χ3n) is 5.33. The number of carbonyl (C=O) groups is 1. The second-order valence-corrected chi connectivity index (χ2v) is 7.33. The highest BCUT2D eigenvalue weighted by Crippen LogP contribution is 2.34.